The van der Waals surface area contributed by atoms with Crippen LogP contribution >= 0.6 is 34.2 Å². The molecule has 94 valence electrons. The van der Waals surface area contributed by atoms with Crippen molar-refractivity contribution in [1.29, 1.82) is 0 Å². The fourth-order valence-electron chi connectivity index (χ4n) is 1.36. The highest BCUT2D eigenvalue weighted by Crippen LogP contribution is 2.16. The van der Waals surface area contributed by atoms with Gasteiger partial charge >= 0.3 is 0 Å². The summed E-state index contributed by atoms with van der Waals surface area (Å²) in [7, 11) is 1.58. The summed E-state index contributed by atoms with van der Waals surface area (Å²) in [6.07, 6.45) is 0. The van der Waals surface area contributed by atoms with Gasteiger partial charge in [0.05, 0.1) is 17.5 Å². The lowest BCUT2D eigenvalue weighted by atomic mass is 10.1. The van der Waals surface area contributed by atoms with E-state index in [0.717, 1.165) is 9.13 Å². The van der Waals surface area contributed by atoms with E-state index in [4.69, 9.17) is 16.3 Å². The molecular weight excluding hydrogens is 352 g/mol. The molecule has 0 heterocycles. The van der Waals surface area contributed by atoms with Crippen molar-refractivity contribution < 1.29 is 9.53 Å². The van der Waals surface area contributed by atoms with Crippen LogP contribution in [-0.4, -0.2) is 31.5 Å². The van der Waals surface area contributed by atoms with E-state index in [2.05, 4.69) is 27.9 Å². The third-order valence-corrected chi connectivity index (χ3v) is 3.98. The Morgan fingerprint density at radius 3 is 2.94 bits per heavy atom. The molecule has 0 radical (unpaired) electrons. The number of halogens is 2. The van der Waals surface area contributed by atoms with Crippen molar-refractivity contribution in [1.82, 2.24) is 5.32 Å². The highest BCUT2D eigenvalue weighted by Gasteiger charge is 2.12. The van der Waals surface area contributed by atoms with E-state index in [9.17, 15) is 4.79 Å². The normalized spacial score (nSPS) is 12.2. The molecule has 1 amide bonds. The number of nitrogens with one attached hydrogen (secondary N) is 1. The second-order valence-corrected chi connectivity index (χ2v) is 5.40. The van der Waals surface area contributed by atoms with Crippen LogP contribution in [-0.2, 0) is 4.74 Å². The van der Waals surface area contributed by atoms with Gasteiger partial charge in [0.2, 0.25) is 0 Å². The van der Waals surface area contributed by atoms with Crippen molar-refractivity contribution in [3.05, 3.63) is 32.9 Å². The SMILES string of the molecule is COCC(Cl)CNC(=O)c1cccc(C)c1I. The van der Waals surface area contributed by atoms with Crippen molar-refractivity contribution in [2.45, 2.75) is 12.3 Å². The maximum Gasteiger partial charge on any atom is 0.252 e. The number of rotatable bonds is 5. The summed E-state index contributed by atoms with van der Waals surface area (Å²) in [6, 6.07) is 5.66. The van der Waals surface area contributed by atoms with Crippen LogP contribution in [0.4, 0.5) is 0 Å². The molecule has 0 aliphatic carbocycles. The summed E-state index contributed by atoms with van der Waals surface area (Å²) in [5, 5.41) is 2.59. The standard InChI is InChI=1S/C12H15ClINO2/c1-8-4-3-5-10(11(8)14)12(16)15-6-9(13)7-17-2/h3-5,9H,6-7H2,1-2H3,(H,15,16). The number of amides is 1. The maximum absolute atomic E-state index is 11.9. The van der Waals surface area contributed by atoms with Crippen LogP contribution in [0.25, 0.3) is 0 Å². The third kappa shape index (κ3) is 4.44. The minimum Gasteiger partial charge on any atom is -0.383 e. The van der Waals surface area contributed by atoms with Gasteiger partial charge in [-0.3, -0.25) is 4.79 Å². The summed E-state index contributed by atoms with van der Waals surface area (Å²) in [4.78, 5) is 11.9. The van der Waals surface area contributed by atoms with Gasteiger partial charge in [0, 0.05) is 17.2 Å². The molecule has 1 aromatic carbocycles. The Kier molecular flexibility index (Phi) is 6.22. The molecule has 1 rings (SSSR count). The Bertz CT molecular complexity index is 398. The first-order valence-electron chi connectivity index (χ1n) is 5.22. The summed E-state index contributed by atoms with van der Waals surface area (Å²) >= 11 is 8.12. The molecular formula is C12H15ClINO2. The van der Waals surface area contributed by atoms with Crippen LogP contribution in [0.5, 0.6) is 0 Å². The molecule has 0 bridgehead atoms. The largest absolute Gasteiger partial charge is 0.383 e. The zero-order valence-electron chi connectivity index (χ0n) is 9.80. The first-order valence-corrected chi connectivity index (χ1v) is 6.74. The quantitative estimate of drug-likeness (QED) is 0.642. The predicted molar refractivity (Wildman–Crippen MR) is 77.7 cm³/mol. The molecule has 3 nitrogen and oxygen atoms in total. The van der Waals surface area contributed by atoms with Crippen molar-refractivity contribution in [2.75, 3.05) is 20.3 Å². The molecule has 1 aromatic rings. The van der Waals surface area contributed by atoms with Crippen molar-refractivity contribution in [2.24, 2.45) is 0 Å². The summed E-state index contributed by atoms with van der Waals surface area (Å²) in [5.74, 6) is -0.0974. The smallest absolute Gasteiger partial charge is 0.252 e. The molecule has 0 saturated heterocycles. The molecule has 0 fully saturated rings. The minimum absolute atomic E-state index is 0.0974. The molecule has 17 heavy (non-hydrogen) atoms. The summed E-state index contributed by atoms with van der Waals surface area (Å²) in [6.45, 7) is 2.80. The van der Waals surface area contributed by atoms with Crippen molar-refractivity contribution in [3.8, 4) is 0 Å². The second-order valence-electron chi connectivity index (χ2n) is 3.70. The highest BCUT2D eigenvalue weighted by atomic mass is 127. The Balaban J connectivity index is 2.61. The van der Waals surface area contributed by atoms with Crippen LogP contribution in [0.15, 0.2) is 18.2 Å². The van der Waals surface area contributed by atoms with Gasteiger partial charge in [-0.15, -0.1) is 11.6 Å². The van der Waals surface area contributed by atoms with Crippen molar-refractivity contribution >= 4 is 40.1 Å². The monoisotopic (exact) mass is 367 g/mol. The van der Waals surface area contributed by atoms with Gasteiger partial charge in [0.25, 0.3) is 5.91 Å². The molecule has 5 heteroatoms. The number of methoxy groups -OCH3 is 1. The molecule has 1 unspecified atom stereocenters. The fourth-order valence-corrected chi connectivity index (χ4v) is 2.17. The minimum atomic E-state index is -0.202. The number of carbonyl (C=O) groups excluding carboxylic acids is 1. The lowest BCUT2D eigenvalue weighted by molar-refractivity contribution is 0.0948. The van der Waals surface area contributed by atoms with Crippen LogP contribution in [0.3, 0.4) is 0 Å². The fraction of sp³-hybridized carbons (Fsp3) is 0.417. The first kappa shape index (κ1) is 14.7. The van der Waals surface area contributed by atoms with Crippen LogP contribution < -0.4 is 5.32 Å². The number of alkyl halides is 1. The van der Waals surface area contributed by atoms with Gasteiger partial charge in [-0.2, -0.15) is 0 Å². The molecule has 1 atom stereocenters. The second kappa shape index (κ2) is 7.18. The van der Waals surface area contributed by atoms with Gasteiger partial charge in [-0.05, 0) is 41.1 Å². The third-order valence-electron chi connectivity index (χ3n) is 2.27. The Labute approximate surface area is 120 Å². The predicted octanol–water partition coefficient (Wildman–Crippen LogP) is 2.58. The van der Waals surface area contributed by atoms with E-state index in [-0.39, 0.29) is 11.3 Å². The maximum atomic E-state index is 11.9. The number of aryl methyl sites for hydroxylation is 1. The van der Waals surface area contributed by atoms with Crippen LogP contribution in [0, 0.1) is 10.5 Å². The van der Waals surface area contributed by atoms with E-state index >= 15 is 0 Å². The van der Waals surface area contributed by atoms with Crippen LogP contribution in [0.1, 0.15) is 15.9 Å². The average Bonchev–Trinajstić information content (AvgIpc) is 2.30. The van der Waals surface area contributed by atoms with E-state index in [1.807, 2.05) is 25.1 Å². The Morgan fingerprint density at radius 2 is 2.29 bits per heavy atom. The molecule has 0 spiro atoms. The zero-order chi connectivity index (χ0) is 12.8. The Morgan fingerprint density at radius 1 is 1.59 bits per heavy atom. The lowest BCUT2D eigenvalue weighted by Gasteiger charge is -2.11. The molecule has 0 saturated carbocycles. The number of ether oxygens (including phenoxy) is 1. The van der Waals surface area contributed by atoms with Gasteiger partial charge < -0.3 is 10.1 Å². The Hall–Kier alpha value is -0.330. The van der Waals surface area contributed by atoms with E-state index in [1.54, 1.807) is 7.11 Å². The van der Waals surface area contributed by atoms with E-state index in [0.29, 0.717) is 18.7 Å². The van der Waals surface area contributed by atoms with Gasteiger partial charge in [0.1, 0.15) is 0 Å². The molecule has 0 aliphatic rings. The van der Waals surface area contributed by atoms with E-state index < -0.39 is 0 Å². The number of carbonyl (C=O) groups is 1. The average molecular weight is 368 g/mol. The van der Waals surface area contributed by atoms with Gasteiger partial charge in [-0.25, -0.2) is 0 Å². The topological polar surface area (TPSA) is 38.3 Å². The summed E-state index contributed by atoms with van der Waals surface area (Å²) in [5.41, 5.74) is 1.78. The zero-order valence-corrected chi connectivity index (χ0v) is 12.7. The lowest BCUT2D eigenvalue weighted by Crippen LogP contribution is -2.32. The molecule has 1 N–H and O–H groups in total. The van der Waals surface area contributed by atoms with E-state index in [1.165, 1.54) is 0 Å². The first-order chi connectivity index (χ1) is 8.06. The van der Waals surface area contributed by atoms with Crippen molar-refractivity contribution in [3.63, 3.8) is 0 Å². The number of benzene rings is 1. The molecule has 0 aromatic heterocycles. The van der Waals surface area contributed by atoms with Gasteiger partial charge in [-0.1, -0.05) is 12.1 Å². The molecule has 0 aliphatic heterocycles. The van der Waals surface area contributed by atoms with Crippen LogP contribution in [0.2, 0.25) is 0 Å². The number of hydrogen-bond acceptors (Lipinski definition) is 2. The van der Waals surface area contributed by atoms with Gasteiger partial charge in [0.15, 0.2) is 0 Å². The highest BCUT2D eigenvalue weighted by molar-refractivity contribution is 14.1. The number of hydrogen-bond donors (Lipinski definition) is 1. The summed E-state index contributed by atoms with van der Waals surface area (Å²) < 4.78 is 5.87.